The summed E-state index contributed by atoms with van der Waals surface area (Å²) in [6, 6.07) is 3.82. The van der Waals surface area contributed by atoms with Gasteiger partial charge in [0.2, 0.25) is 5.41 Å². The van der Waals surface area contributed by atoms with Gasteiger partial charge in [0.05, 0.1) is 17.2 Å². The highest BCUT2D eigenvalue weighted by atomic mass is 19.4. The maximum Gasteiger partial charge on any atom is 0.416 e. The van der Waals surface area contributed by atoms with Crippen LogP contribution < -0.4 is 10.6 Å². The van der Waals surface area contributed by atoms with Crippen LogP contribution in [0.3, 0.4) is 0 Å². The molecule has 0 fully saturated rings. The molecule has 1 aromatic rings. The first-order valence-corrected chi connectivity index (χ1v) is 8.23. The van der Waals surface area contributed by atoms with Gasteiger partial charge >= 0.3 is 18.5 Å². The number of allylic oxidation sites excluding steroid dienone is 3. The maximum absolute atomic E-state index is 13.8. The minimum absolute atomic E-state index is 0.230. The average molecular weight is 443 g/mol. The molecule has 0 radical (unpaired) electrons. The van der Waals surface area contributed by atoms with Crippen molar-refractivity contribution in [2.45, 2.75) is 32.4 Å². The Kier molecular flexibility index (Phi) is 5.58. The molecule has 164 valence electrons. The summed E-state index contributed by atoms with van der Waals surface area (Å²) in [6.45, 7) is 1.79. The Bertz CT molecular complexity index is 899. The predicted octanol–water partition coefficient (Wildman–Crippen LogP) is 5.87. The summed E-state index contributed by atoms with van der Waals surface area (Å²) in [4.78, 5) is 0.721. The van der Waals surface area contributed by atoms with E-state index >= 15 is 0 Å². The van der Waals surface area contributed by atoms with Crippen LogP contribution >= 0.6 is 0 Å². The van der Waals surface area contributed by atoms with Gasteiger partial charge in [-0.05, 0) is 31.2 Å². The second-order valence-corrected chi connectivity index (χ2v) is 6.49. The van der Waals surface area contributed by atoms with Crippen molar-refractivity contribution >= 4 is 5.69 Å². The molecule has 1 aliphatic rings. The van der Waals surface area contributed by atoms with Gasteiger partial charge in [-0.3, -0.25) is 0 Å². The van der Waals surface area contributed by atoms with Crippen LogP contribution in [-0.4, -0.2) is 12.4 Å². The van der Waals surface area contributed by atoms with E-state index in [9.17, 15) is 44.8 Å². The number of hydrogen-bond acceptors (Lipinski definition) is 3. The minimum atomic E-state index is -5.93. The highest BCUT2D eigenvalue weighted by molar-refractivity contribution is 5.64. The van der Waals surface area contributed by atoms with Gasteiger partial charge in [-0.2, -0.15) is 44.8 Å². The van der Waals surface area contributed by atoms with Crippen molar-refractivity contribution in [2.24, 2.45) is 17.1 Å². The summed E-state index contributed by atoms with van der Waals surface area (Å²) >= 11 is 0. The van der Waals surface area contributed by atoms with Crippen molar-refractivity contribution < 1.29 is 39.5 Å². The minimum Gasteiger partial charge on any atom is -0.384 e. The molecule has 2 N–H and O–H groups in total. The van der Waals surface area contributed by atoms with Crippen LogP contribution in [0, 0.1) is 22.7 Å². The lowest BCUT2D eigenvalue weighted by molar-refractivity contribution is -0.337. The van der Waals surface area contributed by atoms with E-state index < -0.39 is 52.5 Å². The summed E-state index contributed by atoms with van der Waals surface area (Å²) in [5.74, 6) is -3.52. The van der Waals surface area contributed by atoms with Gasteiger partial charge in [0.25, 0.3) is 0 Å². The Morgan fingerprint density at radius 3 is 1.80 bits per heavy atom. The lowest BCUT2D eigenvalue weighted by Crippen LogP contribution is -2.60. The summed E-state index contributed by atoms with van der Waals surface area (Å²) in [7, 11) is 0. The molecule has 0 saturated heterocycles. The van der Waals surface area contributed by atoms with E-state index in [0.29, 0.717) is 19.1 Å². The van der Waals surface area contributed by atoms with Gasteiger partial charge in [-0.1, -0.05) is 13.0 Å². The number of rotatable bonds is 1. The summed E-state index contributed by atoms with van der Waals surface area (Å²) < 4.78 is 121. The van der Waals surface area contributed by atoms with E-state index in [1.54, 1.807) is 0 Å². The average Bonchev–Trinajstić information content (AvgIpc) is 2.59. The van der Waals surface area contributed by atoms with Crippen LogP contribution in [0.15, 0.2) is 47.4 Å². The lowest BCUT2D eigenvalue weighted by Gasteiger charge is -2.49. The van der Waals surface area contributed by atoms with Crippen LogP contribution in [0.1, 0.15) is 19.4 Å². The van der Waals surface area contributed by atoms with E-state index in [-0.39, 0.29) is 5.69 Å². The monoisotopic (exact) mass is 443 g/mol. The van der Waals surface area contributed by atoms with Crippen molar-refractivity contribution in [3.8, 4) is 6.07 Å². The Hall–Kier alpha value is -2.84. The molecule has 1 heterocycles. The molecule has 1 aliphatic heterocycles. The zero-order valence-corrected chi connectivity index (χ0v) is 15.3. The Morgan fingerprint density at radius 1 is 1.00 bits per heavy atom. The van der Waals surface area contributed by atoms with Crippen LogP contribution in [0.5, 0.6) is 0 Å². The van der Waals surface area contributed by atoms with Crippen molar-refractivity contribution in [3.63, 3.8) is 0 Å². The van der Waals surface area contributed by atoms with Crippen LogP contribution in [0.2, 0.25) is 0 Å². The summed E-state index contributed by atoms with van der Waals surface area (Å²) in [5, 5.41) is 9.23. The molecule has 2 rings (SSSR count). The first-order valence-electron chi connectivity index (χ1n) is 8.23. The number of nitrogens with zero attached hydrogens (tertiary/aromatic N) is 2. The Balaban J connectivity index is 2.86. The number of alkyl halides is 9. The summed E-state index contributed by atoms with van der Waals surface area (Å²) in [6.07, 6.45) is -15.6. The SMILES string of the molecule is C/C=C1\C(C)C(C(F)(F)F)(C(F)(F)F)C(C#N)=C(N)N1c1ccc(C(F)(F)F)cc1. The molecule has 3 nitrogen and oxygen atoms in total. The van der Waals surface area contributed by atoms with E-state index in [0.717, 1.165) is 36.1 Å². The lowest BCUT2D eigenvalue weighted by atomic mass is 9.65. The zero-order valence-electron chi connectivity index (χ0n) is 15.3. The number of anilines is 1. The number of hydrogen-bond donors (Lipinski definition) is 1. The first kappa shape index (κ1) is 23.4. The molecular formula is C18H14F9N3. The highest BCUT2D eigenvalue weighted by Crippen LogP contribution is 2.63. The predicted molar refractivity (Wildman–Crippen MR) is 88.2 cm³/mol. The van der Waals surface area contributed by atoms with Gasteiger partial charge in [0.1, 0.15) is 5.82 Å². The molecule has 1 aromatic carbocycles. The number of benzene rings is 1. The first-order chi connectivity index (χ1) is 13.6. The molecule has 0 amide bonds. The topological polar surface area (TPSA) is 53.1 Å². The molecule has 12 heteroatoms. The van der Waals surface area contributed by atoms with Crippen molar-refractivity contribution in [1.82, 2.24) is 0 Å². The van der Waals surface area contributed by atoms with Crippen LogP contribution in [0.4, 0.5) is 45.2 Å². The number of nitriles is 1. The van der Waals surface area contributed by atoms with Crippen molar-refractivity contribution in [1.29, 1.82) is 5.26 Å². The number of nitrogens with two attached hydrogens (primary N) is 1. The molecule has 0 bridgehead atoms. The standard InChI is InChI=1S/C18H14F9N3/c1-3-13-9(2)15(17(22,23)24,18(25,26)27)12(8-28)14(29)30(13)11-6-4-10(5-7-11)16(19,20)21/h3-7,9H,29H2,1-2H3/b13-3+. The van der Waals surface area contributed by atoms with Gasteiger partial charge in [-0.15, -0.1) is 0 Å². The third-order valence-electron chi connectivity index (χ3n) is 5.00. The smallest absolute Gasteiger partial charge is 0.384 e. The van der Waals surface area contributed by atoms with Gasteiger partial charge in [0.15, 0.2) is 0 Å². The van der Waals surface area contributed by atoms with Crippen molar-refractivity contribution in [3.05, 3.63) is 53.0 Å². The molecule has 1 unspecified atom stereocenters. The quantitative estimate of drug-likeness (QED) is 0.553. The van der Waals surface area contributed by atoms with Gasteiger partial charge in [-0.25, -0.2) is 0 Å². The molecule has 0 spiro atoms. The third kappa shape index (κ3) is 3.26. The molecule has 30 heavy (non-hydrogen) atoms. The van der Waals surface area contributed by atoms with Gasteiger partial charge < -0.3 is 10.6 Å². The second kappa shape index (κ2) is 7.14. The fraction of sp³-hybridized carbons (Fsp3) is 0.389. The Morgan fingerprint density at radius 2 is 1.47 bits per heavy atom. The summed E-state index contributed by atoms with van der Waals surface area (Å²) in [5.41, 5.74) is -2.63. The highest BCUT2D eigenvalue weighted by Gasteiger charge is 2.77. The van der Waals surface area contributed by atoms with Crippen LogP contribution in [-0.2, 0) is 6.18 Å². The third-order valence-corrected chi connectivity index (χ3v) is 5.00. The second-order valence-electron chi connectivity index (χ2n) is 6.49. The molecule has 0 aromatic heterocycles. The molecule has 0 saturated carbocycles. The van der Waals surface area contributed by atoms with Crippen molar-refractivity contribution in [2.75, 3.05) is 4.90 Å². The molecule has 1 atom stereocenters. The zero-order chi connectivity index (χ0) is 23.3. The maximum atomic E-state index is 13.8. The largest absolute Gasteiger partial charge is 0.416 e. The molecular weight excluding hydrogens is 429 g/mol. The van der Waals surface area contributed by atoms with E-state index in [1.165, 1.54) is 0 Å². The Labute approximate surface area is 164 Å². The van der Waals surface area contributed by atoms with Gasteiger partial charge in [0, 0.05) is 17.3 Å². The fourth-order valence-corrected chi connectivity index (χ4v) is 3.63. The van der Waals surface area contributed by atoms with E-state index in [4.69, 9.17) is 5.73 Å². The number of halogens is 9. The van der Waals surface area contributed by atoms with Crippen LogP contribution in [0.25, 0.3) is 0 Å². The molecule has 0 aliphatic carbocycles. The van der Waals surface area contributed by atoms with E-state index in [2.05, 4.69) is 0 Å². The fourth-order valence-electron chi connectivity index (χ4n) is 3.63. The van der Waals surface area contributed by atoms with E-state index in [1.807, 2.05) is 0 Å². The normalized spacial score (nSPS) is 21.7.